The number of hydrogen-bond donors (Lipinski definition) is 2. The van der Waals surface area contributed by atoms with Gasteiger partial charge in [-0.1, -0.05) is 24.3 Å². The molecule has 1 aliphatic heterocycles. The van der Waals surface area contributed by atoms with Gasteiger partial charge in [0, 0.05) is 23.4 Å². The maximum atomic E-state index is 12.6. The summed E-state index contributed by atoms with van der Waals surface area (Å²) in [7, 11) is 0. The summed E-state index contributed by atoms with van der Waals surface area (Å²) < 4.78 is 47.0. The number of benzene rings is 3. The summed E-state index contributed by atoms with van der Waals surface area (Å²) in [5.74, 6) is -0.0512. The van der Waals surface area contributed by atoms with Crippen LogP contribution in [-0.2, 0) is 11.2 Å². The molecule has 170 valence electrons. The fourth-order valence-corrected chi connectivity index (χ4v) is 3.29. The Bertz CT molecular complexity index is 1140. The van der Waals surface area contributed by atoms with Gasteiger partial charge < -0.3 is 20.1 Å². The monoisotopic (exact) mass is 456 g/mol. The van der Waals surface area contributed by atoms with Gasteiger partial charge in [-0.2, -0.15) is 13.2 Å². The molecule has 0 saturated carbocycles. The van der Waals surface area contributed by atoms with Gasteiger partial charge >= 0.3 is 6.18 Å². The fraction of sp³-hybridized carbons (Fsp3) is 0.167. The fourth-order valence-electron chi connectivity index (χ4n) is 3.29. The van der Waals surface area contributed by atoms with Gasteiger partial charge in [-0.3, -0.25) is 9.59 Å². The molecule has 0 fully saturated rings. The number of ether oxygens (including phenoxy) is 2. The van der Waals surface area contributed by atoms with Crippen molar-refractivity contribution in [3.05, 3.63) is 83.9 Å². The first-order valence-corrected chi connectivity index (χ1v) is 10.0. The zero-order chi connectivity index (χ0) is 23.4. The van der Waals surface area contributed by atoms with Crippen molar-refractivity contribution in [1.29, 1.82) is 0 Å². The SMILES string of the molecule is O=C(Nc1ccc(OCC(F)(F)F)cc1)c1cccc(NC(=O)C2Cc3ccccc3O2)c1. The van der Waals surface area contributed by atoms with E-state index in [2.05, 4.69) is 15.4 Å². The van der Waals surface area contributed by atoms with E-state index < -0.39 is 24.8 Å². The van der Waals surface area contributed by atoms with Gasteiger partial charge in [0.05, 0.1) is 0 Å². The number of anilines is 2. The number of carbonyl (C=O) groups is 2. The van der Waals surface area contributed by atoms with Crippen LogP contribution >= 0.6 is 0 Å². The molecule has 1 unspecified atom stereocenters. The summed E-state index contributed by atoms with van der Waals surface area (Å²) in [4.78, 5) is 25.2. The first-order chi connectivity index (χ1) is 15.8. The van der Waals surface area contributed by atoms with Crippen LogP contribution in [0, 0.1) is 0 Å². The molecule has 0 spiro atoms. The zero-order valence-electron chi connectivity index (χ0n) is 17.2. The number of halogens is 3. The molecule has 9 heteroatoms. The minimum atomic E-state index is -4.43. The Labute approximate surface area is 187 Å². The number of para-hydroxylation sites is 1. The van der Waals surface area contributed by atoms with Gasteiger partial charge in [-0.15, -0.1) is 0 Å². The molecular formula is C24H19F3N2O4. The maximum Gasteiger partial charge on any atom is 0.422 e. The topological polar surface area (TPSA) is 76.7 Å². The highest BCUT2D eigenvalue weighted by atomic mass is 19.4. The number of alkyl halides is 3. The van der Waals surface area contributed by atoms with E-state index >= 15 is 0 Å². The summed E-state index contributed by atoms with van der Waals surface area (Å²) in [6.07, 6.45) is -4.62. The Kier molecular flexibility index (Phi) is 6.21. The molecule has 6 nitrogen and oxygen atoms in total. The van der Waals surface area contributed by atoms with Crippen molar-refractivity contribution >= 4 is 23.2 Å². The molecule has 0 aliphatic carbocycles. The Hall–Kier alpha value is -4.01. The Balaban J connectivity index is 1.34. The van der Waals surface area contributed by atoms with E-state index in [0.29, 0.717) is 29.1 Å². The van der Waals surface area contributed by atoms with Crippen LogP contribution in [0.3, 0.4) is 0 Å². The summed E-state index contributed by atoms with van der Waals surface area (Å²) in [5.41, 5.74) is 2.07. The summed E-state index contributed by atoms with van der Waals surface area (Å²) in [5, 5.41) is 5.41. The molecule has 4 rings (SSSR count). The molecular weight excluding hydrogens is 437 g/mol. The lowest BCUT2D eigenvalue weighted by Gasteiger charge is -2.12. The summed E-state index contributed by atoms with van der Waals surface area (Å²) >= 11 is 0. The minimum absolute atomic E-state index is 0.0336. The third-order valence-corrected chi connectivity index (χ3v) is 4.85. The van der Waals surface area contributed by atoms with Crippen LogP contribution in [0.5, 0.6) is 11.5 Å². The van der Waals surface area contributed by atoms with E-state index in [1.807, 2.05) is 24.3 Å². The number of carbonyl (C=O) groups excluding carboxylic acids is 2. The van der Waals surface area contributed by atoms with Crippen molar-refractivity contribution in [3.8, 4) is 11.5 Å². The second-order valence-corrected chi connectivity index (χ2v) is 7.37. The second kappa shape index (κ2) is 9.23. The molecule has 0 saturated heterocycles. The molecule has 0 aromatic heterocycles. The molecule has 2 amide bonds. The van der Waals surface area contributed by atoms with E-state index in [9.17, 15) is 22.8 Å². The Morgan fingerprint density at radius 3 is 2.42 bits per heavy atom. The lowest BCUT2D eigenvalue weighted by atomic mass is 10.1. The van der Waals surface area contributed by atoms with Crippen LogP contribution < -0.4 is 20.1 Å². The highest BCUT2D eigenvalue weighted by Gasteiger charge is 2.29. The van der Waals surface area contributed by atoms with Crippen molar-refractivity contribution in [1.82, 2.24) is 0 Å². The first kappa shape index (κ1) is 22.2. The average molecular weight is 456 g/mol. The van der Waals surface area contributed by atoms with Gasteiger partial charge in [0.1, 0.15) is 11.5 Å². The third kappa shape index (κ3) is 5.82. The van der Waals surface area contributed by atoms with E-state index in [4.69, 9.17) is 4.74 Å². The third-order valence-electron chi connectivity index (χ3n) is 4.85. The van der Waals surface area contributed by atoms with Gasteiger partial charge in [-0.05, 0) is 54.1 Å². The number of amides is 2. The molecule has 33 heavy (non-hydrogen) atoms. The first-order valence-electron chi connectivity index (χ1n) is 10.0. The Morgan fingerprint density at radius 1 is 0.939 bits per heavy atom. The highest BCUT2D eigenvalue weighted by molar-refractivity contribution is 6.05. The van der Waals surface area contributed by atoms with Crippen LogP contribution in [-0.4, -0.2) is 30.7 Å². The van der Waals surface area contributed by atoms with Crippen LogP contribution in [0.15, 0.2) is 72.8 Å². The van der Waals surface area contributed by atoms with Gasteiger partial charge in [-0.25, -0.2) is 0 Å². The Morgan fingerprint density at radius 2 is 1.70 bits per heavy atom. The van der Waals surface area contributed by atoms with E-state index in [0.717, 1.165) is 5.56 Å². The average Bonchev–Trinajstić information content (AvgIpc) is 3.23. The summed E-state index contributed by atoms with van der Waals surface area (Å²) in [6, 6.07) is 19.4. The molecule has 3 aromatic carbocycles. The molecule has 0 radical (unpaired) electrons. The standard InChI is InChI=1S/C24H19F3N2O4/c25-24(26,27)14-32-19-10-8-17(9-11-19)28-22(30)16-5-3-6-18(12-16)29-23(31)21-13-15-4-1-2-7-20(15)33-21/h1-12,21H,13-14H2,(H,28,30)(H,29,31). The molecule has 3 aromatic rings. The quantitative estimate of drug-likeness (QED) is 0.558. The number of hydrogen-bond acceptors (Lipinski definition) is 4. The van der Waals surface area contributed by atoms with Crippen LogP contribution in [0.4, 0.5) is 24.5 Å². The maximum absolute atomic E-state index is 12.6. The van der Waals surface area contributed by atoms with Crippen molar-refractivity contribution in [3.63, 3.8) is 0 Å². The lowest BCUT2D eigenvalue weighted by Crippen LogP contribution is -2.31. The molecule has 0 bridgehead atoms. The molecule has 1 aliphatic rings. The smallest absolute Gasteiger partial charge is 0.422 e. The number of nitrogens with one attached hydrogen (secondary N) is 2. The van der Waals surface area contributed by atoms with Crippen molar-refractivity contribution in [2.45, 2.75) is 18.7 Å². The molecule has 1 atom stereocenters. The lowest BCUT2D eigenvalue weighted by molar-refractivity contribution is -0.153. The number of rotatable bonds is 6. The highest BCUT2D eigenvalue weighted by Crippen LogP contribution is 2.29. The van der Waals surface area contributed by atoms with Gasteiger partial charge in [0.25, 0.3) is 11.8 Å². The molecule has 2 N–H and O–H groups in total. The van der Waals surface area contributed by atoms with E-state index in [1.54, 1.807) is 18.2 Å². The van der Waals surface area contributed by atoms with E-state index in [-0.39, 0.29) is 11.7 Å². The van der Waals surface area contributed by atoms with E-state index in [1.165, 1.54) is 30.3 Å². The van der Waals surface area contributed by atoms with Gasteiger partial charge in [0.2, 0.25) is 0 Å². The predicted molar refractivity (Wildman–Crippen MR) is 116 cm³/mol. The zero-order valence-corrected chi connectivity index (χ0v) is 17.2. The van der Waals surface area contributed by atoms with Crippen LogP contribution in [0.1, 0.15) is 15.9 Å². The predicted octanol–water partition coefficient (Wildman–Crippen LogP) is 4.82. The van der Waals surface area contributed by atoms with Crippen LogP contribution in [0.2, 0.25) is 0 Å². The van der Waals surface area contributed by atoms with Crippen molar-refractivity contribution in [2.75, 3.05) is 17.2 Å². The van der Waals surface area contributed by atoms with Gasteiger partial charge in [0.15, 0.2) is 12.7 Å². The normalized spacial score (nSPS) is 14.7. The summed E-state index contributed by atoms with van der Waals surface area (Å²) in [6.45, 7) is -1.39. The molecule has 1 heterocycles. The largest absolute Gasteiger partial charge is 0.484 e. The van der Waals surface area contributed by atoms with Crippen molar-refractivity contribution in [2.24, 2.45) is 0 Å². The van der Waals surface area contributed by atoms with Crippen LogP contribution in [0.25, 0.3) is 0 Å². The minimum Gasteiger partial charge on any atom is -0.484 e. The number of fused-ring (bicyclic) bond motifs is 1. The second-order valence-electron chi connectivity index (χ2n) is 7.37. The van der Waals surface area contributed by atoms with Crippen molar-refractivity contribution < 1.29 is 32.2 Å².